The number of hydrogen-bond acceptors (Lipinski definition) is 4. The van der Waals surface area contributed by atoms with Gasteiger partial charge in [-0.05, 0) is 49.3 Å². The number of hydrogen-bond donors (Lipinski definition) is 1. The molecule has 0 atom stereocenters. The number of ether oxygens (including phenoxy) is 1. The molecule has 3 aliphatic carbocycles. The number of carbonyl (C=O) groups excluding carboxylic acids is 2. The van der Waals surface area contributed by atoms with Crippen LogP contribution in [0.3, 0.4) is 0 Å². The van der Waals surface area contributed by atoms with E-state index in [-0.39, 0.29) is 40.0 Å². The van der Waals surface area contributed by atoms with E-state index in [1.54, 1.807) is 10.7 Å². The molecule has 1 heterocycles. The Morgan fingerprint density at radius 3 is 2.76 bits per heavy atom. The maximum absolute atomic E-state index is 13.4. The van der Waals surface area contributed by atoms with E-state index in [9.17, 15) is 14.0 Å². The third-order valence-corrected chi connectivity index (χ3v) is 6.03. The topological polar surface area (TPSA) is 73.2 Å². The molecule has 1 aromatic carbocycles. The van der Waals surface area contributed by atoms with E-state index >= 15 is 0 Å². The quantitative estimate of drug-likeness (QED) is 0.628. The minimum absolute atomic E-state index is 0.00708. The van der Waals surface area contributed by atoms with Crippen LogP contribution in [0.4, 0.5) is 4.39 Å². The number of halogens is 2. The van der Waals surface area contributed by atoms with Crippen molar-refractivity contribution in [1.29, 1.82) is 0 Å². The van der Waals surface area contributed by atoms with E-state index < -0.39 is 5.82 Å². The van der Waals surface area contributed by atoms with Gasteiger partial charge in [-0.3, -0.25) is 14.3 Å². The van der Waals surface area contributed by atoms with Gasteiger partial charge in [-0.2, -0.15) is 5.10 Å². The fourth-order valence-corrected chi connectivity index (χ4v) is 4.78. The highest BCUT2D eigenvalue weighted by Gasteiger charge is 2.68. The molecule has 29 heavy (non-hydrogen) atoms. The van der Waals surface area contributed by atoms with Crippen LogP contribution >= 0.6 is 11.6 Å². The van der Waals surface area contributed by atoms with Gasteiger partial charge >= 0.3 is 0 Å². The second kappa shape index (κ2) is 7.44. The van der Waals surface area contributed by atoms with E-state index in [0.29, 0.717) is 12.1 Å². The average molecular weight is 420 g/mol. The first kappa shape index (κ1) is 19.9. The van der Waals surface area contributed by atoms with Gasteiger partial charge in [-0.1, -0.05) is 18.5 Å². The van der Waals surface area contributed by atoms with Crippen molar-refractivity contribution in [2.75, 3.05) is 6.61 Å². The Balaban J connectivity index is 1.22. The first-order valence-electron chi connectivity index (χ1n) is 9.78. The number of amides is 1. The van der Waals surface area contributed by atoms with Crippen LogP contribution < -0.4 is 10.1 Å². The number of Topliss-reactive ketones (excluding diaryl/α,β-unsaturated/α-hetero) is 1. The molecule has 6 nitrogen and oxygen atoms in total. The summed E-state index contributed by atoms with van der Waals surface area (Å²) in [5, 5.41) is 7.34. The molecule has 154 valence electrons. The maximum Gasteiger partial charge on any atom is 0.258 e. The predicted octanol–water partition coefficient (Wildman–Crippen LogP) is 3.78. The second-order valence-electron chi connectivity index (χ2n) is 8.29. The van der Waals surface area contributed by atoms with Crippen LogP contribution in [-0.4, -0.2) is 33.6 Å². The maximum atomic E-state index is 13.4. The van der Waals surface area contributed by atoms with E-state index in [4.69, 9.17) is 16.3 Å². The predicted molar refractivity (Wildman–Crippen MR) is 106 cm³/mol. The SMILES string of the molecule is CCCn1ccc(C(=O)CC23CC(NC(=O)COc4ccc(Cl)c(F)c4)(C2)C3)n1. The Morgan fingerprint density at radius 2 is 2.07 bits per heavy atom. The molecule has 3 saturated carbocycles. The Bertz CT molecular complexity index is 939. The van der Waals surface area contributed by atoms with Crippen LogP contribution in [0.15, 0.2) is 30.5 Å². The lowest BCUT2D eigenvalue weighted by atomic mass is 9.38. The van der Waals surface area contributed by atoms with Crippen molar-refractivity contribution < 1.29 is 18.7 Å². The minimum Gasteiger partial charge on any atom is -0.484 e. The number of nitrogens with zero attached hydrogens (tertiary/aromatic N) is 2. The zero-order valence-electron chi connectivity index (χ0n) is 16.2. The van der Waals surface area contributed by atoms with Gasteiger partial charge in [0.1, 0.15) is 17.3 Å². The molecular weight excluding hydrogens is 397 g/mol. The third-order valence-electron chi connectivity index (χ3n) is 5.72. The number of benzene rings is 1. The van der Waals surface area contributed by atoms with Crippen LogP contribution in [0.2, 0.25) is 5.02 Å². The average Bonchev–Trinajstić information content (AvgIpc) is 3.09. The van der Waals surface area contributed by atoms with Crippen molar-refractivity contribution in [3.05, 3.63) is 47.0 Å². The van der Waals surface area contributed by atoms with Gasteiger partial charge in [0.05, 0.1) is 5.02 Å². The van der Waals surface area contributed by atoms with Crippen molar-refractivity contribution in [2.45, 2.75) is 51.1 Å². The van der Waals surface area contributed by atoms with Crippen molar-refractivity contribution in [1.82, 2.24) is 15.1 Å². The Labute approximate surface area is 173 Å². The van der Waals surface area contributed by atoms with Crippen LogP contribution in [0.5, 0.6) is 5.75 Å². The molecule has 3 aliphatic rings. The van der Waals surface area contributed by atoms with E-state index in [1.165, 1.54) is 12.1 Å². The van der Waals surface area contributed by atoms with E-state index in [2.05, 4.69) is 17.3 Å². The first-order chi connectivity index (χ1) is 13.8. The number of carbonyl (C=O) groups is 2. The van der Waals surface area contributed by atoms with Crippen molar-refractivity contribution >= 4 is 23.3 Å². The van der Waals surface area contributed by atoms with Crippen LogP contribution in [0, 0.1) is 11.2 Å². The molecule has 2 bridgehead atoms. The lowest BCUT2D eigenvalue weighted by Gasteiger charge is -2.70. The van der Waals surface area contributed by atoms with Crippen molar-refractivity contribution in [3.8, 4) is 5.75 Å². The Morgan fingerprint density at radius 1 is 1.31 bits per heavy atom. The number of aryl methyl sites for hydroxylation is 1. The number of ketones is 1. The highest BCUT2D eigenvalue weighted by atomic mass is 35.5. The van der Waals surface area contributed by atoms with E-state index in [1.807, 2.05) is 6.20 Å². The molecule has 5 rings (SSSR count). The summed E-state index contributed by atoms with van der Waals surface area (Å²) >= 11 is 5.63. The third kappa shape index (κ3) is 4.01. The fraction of sp³-hybridized carbons (Fsp3) is 0.476. The molecule has 1 amide bonds. The molecule has 0 aliphatic heterocycles. The zero-order valence-corrected chi connectivity index (χ0v) is 17.0. The van der Waals surface area contributed by atoms with Gasteiger partial charge in [-0.25, -0.2) is 4.39 Å². The number of aromatic nitrogens is 2. The molecule has 3 fully saturated rings. The highest BCUT2D eigenvalue weighted by molar-refractivity contribution is 6.30. The summed E-state index contributed by atoms with van der Waals surface area (Å²) in [6, 6.07) is 5.83. The van der Waals surface area contributed by atoms with Crippen LogP contribution in [-0.2, 0) is 11.3 Å². The number of nitrogens with one attached hydrogen (secondary N) is 1. The lowest BCUT2D eigenvalue weighted by molar-refractivity contribution is -0.164. The molecule has 2 aromatic rings. The molecule has 8 heteroatoms. The molecule has 0 saturated heterocycles. The summed E-state index contributed by atoms with van der Waals surface area (Å²) in [7, 11) is 0. The smallest absolute Gasteiger partial charge is 0.258 e. The number of rotatable bonds is 9. The summed E-state index contributed by atoms with van der Waals surface area (Å²) in [5.74, 6) is -0.523. The van der Waals surface area contributed by atoms with Crippen molar-refractivity contribution in [3.63, 3.8) is 0 Å². The molecule has 0 radical (unpaired) electrons. The summed E-state index contributed by atoms with van der Waals surface area (Å²) in [6.45, 7) is 2.68. The van der Waals surface area contributed by atoms with Crippen molar-refractivity contribution in [2.24, 2.45) is 5.41 Å². The van der Waals surface area contributed by atoms with Gasteiger partial charge in [0.15, 0.2) is 12.4 Å². The molecule has 1 aromatic heterocycles. The van der Waals surface area contributed by atoms with Crippen LogP contribution in [0.1, 0.15) is 49.5 Å². The summed E-state index contributed by atoms with van der Waals surface area (Å²) in [6.07, 6.45) is 5.66. The second-order valence-corrected chi connectivity index (χ2v) is 8.69. The zero-order chi connectivity index (χ0) is 20.6. The summed E-state index contributed by atoms with van der Waals surface area (Å²) < 4.78 is 20.5. The molecule has 1 N–H and O–H groups in total. The highest BCUT2D eigenvalue weighted by Crippen LogP contribution is 2.69. The molecule has 0 unspecified atom stereocenters. The van der Waals surface area contributed by atoms with E-state index in [0.717, 1.165) is 38.3 Å². The van der Waals surface area contributed by atoms with Crippen LogP contribution in [0.25, 0.3) is 0 Å². The Kier molecular flexibility index (Phi) is 5.11. The minimum atomic E-state index is -0.588. The standard InChI is InChI=1S/C21H23ClFN3O3/c1-2-6-26-7-5-17(25-26)18(27)9-20-11-21(12-20,13-20)24-19(28)10-29-14-3-4-15(22)16(23)8-14/h3-5,7-8H,2,6,9-13H2,1H3,(H,24,28). The largest absolute Gasteiger partial charge is 0.484 e. The molecule has 0 spiro atoms. The normalized spacial score (nSPS) is 24.4. The lowest BCUT2D eigenvalue weighted by Crippen LogP contribution is -2.75. The van der Waals surface area contributed by atoms with Gasteiger partial charge in [0.2, 0.25) is 0 Å². The van der Waals surface area contributed by atoms with Gasteiger partial charge in [0.25, 0.3) is 5.91 Å². The van der Waals surface area contributed by atoms with Gasteiger partial charge < -0.3 is 10.1 Å². The Hall–Kier alpha value is -2.41. The summed E-state index contributed by atoms with van der Waals surface area (Å²) in [5.41, 5.74) is 0.275. The monoisotopic (exact) mass is 419 g/mol. The van der Waals surface area contributed by atoms with Gasteiger partial charge in [-0.15, -0.1) is 0 Å². The van der Waals surface area contributed by atoms with Gasteiger partial charge in [0, 0.05) is 30.8 Å². The molecular formula is C21H23ClFN3O3. The summed E-state index contributed by atoms with van der Waals surface area (Å²) in [4.78, 5) is 24.7. The first-order valence-corrected chi connectivity index (χ1v) is 10.2. The fourth-order valence-electron chi connectivity index (χ4n) is 4.66.